The van der Waals surface area contributed by atoms with Crippen LogP contribution in [0.1, 0.15) is 53.2 Å². The fourth-order valence-electron chi connectivity index (χ4n) is 8.54. The Kier molecular flexibility index (Phi) is 22.8. The van der Waals surface area contributed by atoms with Crippen molar-refractivity contribution in [3.63, 3.8) is 0 Å². The summed E-state index contributed by atoms with van der Waals surface area (Å²) in [4.78, 5) is 132. The molecule has 14 N–H and O–H groups in total. The predicted molar refractivity (Wildman–Crippen MR) is 300 cm³/mol. The van der Waals surface area contributed by atoms with E-state index < -0.39 is 108 Å². The molecule has 1 aliphatic rings. The van der Waals surface area contributed by atoms with Gasteiger partial charge in [0.15, 0.2) is 6.17 Å². The van der Waals surface area contributed by atoms with Crippen LogP contribution >= 0.6 is 21.6 Å². The van der Waals surface area contributed by atoms with Gasteiger partial charge in [-0.05, 0) is 55.5 Å². The van der Waals surface area contributed by atoms with Crippen molar-refractivity contribution in [3.8, 4) is 0 Å². The van der Waals surface area contributed by atoms with Crippen molar-refractivity contribution >= 4 is 85.7 Å². The number of likely N-dealkylation sites (N-methyl/N-ethyl adjacent to an activating group) is 1. The number of fused-ring (bicyclic) bond motifs is 1. The average molecular weight is 1120 g/mol. The van der Waals surface area contributed by atoms with Gasteiger partial charge in [0.1, 0.15) is 36.3 Å². The number of para-hydroxylation sites is 1. The minimum atomic E-state index is -1.75. The molecule has 1 saturated heterocycles. The number of carboxylic acids is 1. The normalized spacial score (nSPS) is 23.4. The first-order valence-corrected chi connectivity index (χ1v) is 28.1. The third-order valence-electron chi connectivity index (χ3n) is 13.0. The number of H-pyrrole nitrogens is 1. The summed E-state index contributed by atoms with van der Waals surface area (Å²) in [7, 11) is 3.24. The number of amides is 8. The second-order valence-corrected chi connectivity index (χ2v) is 21.5. The number of hydrogen-bond acceptors (Lipinski definition) is 14. The highest BCUT2D eigenvalue weighted by molar-refractivity contribution is 8.76. The minimum absolute atomic E-state index is 0.0340. The summed E-state index contributed by atoms with van der Waals surface area (Å²) in [5, 5.41) is 40.3. The number of aromatic amines is 1. The molecule has 24 heteroatoms. The summed E-state index contributed by atoms with van der Waals surface area (Å²) in [6, 6.07) is 21.0. The van der Waals surface area contributed by atoms with E-state index >= 15 is 0 Å². The predicted octanol–water partition coefficient (Wildman–Crippen LogP) is 1.27. The number of benzene rings is 4. The third-order valence-corrected chi connectivity index (χ3v) is 15.4. The molecule has 0 radical (unpaired) electrons. The molecule has 4 aromatic carbocycles. The number of carbonyl (C=O) groups excluding carboxylic acids is 8. The number of ketones is 1. The molecule has 1 aliphatic heterocycles. The smallest absolute Gasteiger partial charge is 0.327 e. The van der Waals surface area contributed by atoms with E-state index in [0.717, 1.165) is 26.5 Å². The number of nitrogens with one attached hydrogen (secondary N) is 8. The number of urea groups is 1. The third kappa shape index (κ3) is 17.6. The number of nitrogens with zero attached hydrogens (tertiary/aromatic N) is 1. The van der Waals surface area contributed by atoms with Crippen LogP contribution in [-0.4, -0.2) is 153 Å². The number of Topliss-reactive ketones (excluding diaryl/α,β-unsaturated/α-hetero) is 1. The Hall–Kier alpha value is -7.77. The lowest BCUT2D eigenvalue weighted by Crippen LogP contribution is -2.63. The van der Waals surface area contributed by atoms with Crippen LogP contribution in [0.4, 0.5) is 4.79 Å². The van der Waals surface area contributed by atoms with Gasteiger partial charge >= 0.3 is 12.0 Å². The number of nitrogens with two attached hydrogens (primary N) is 2. The summed E-state index contributed by atoms with van der Waals surface area (Å²) >= 11 is 0. The Bertz CT molecular complexity index is 2900. The van der Waals surface area contributed by atoms with Crippen LogP contribution in [0.3, 0.4) is 0 Å². The standard InChI is InChI=1S/C55H67N11O11S2/c1-32(67)45-53(74)61-41(26-33-16-6-3-7-17-33)50(71)62-44(54(75)76)31-79-78-30-38(57)48(69)60-42(27-34-18-8-4-9-19-34)52(73)65-47(46(68)35-20-10-5-11-21-35)66(2)55(77)63-43(28-36-29-58-39-23-13-12-22-37(36)39)51(72)59-40(49(70)64-45)24-14-15-25-56/h3-13,16-23,29,32,38,40-45,47,58,67H,14-15,24-28,30-31,56-57H2,1-2H3,(H,59,72)(H,60,69)(H,61,74)(H,62,71)(H,63,77)(H,64,70)(H,65,73)(H,75,76)/t32-,38-,40-,41-,42-,43-,44-,45+,47+/m1/s1. The van der Waals surface area contributed by atoms with Gasteiger partial charge in [-0.1, -0.05) is 131 Å². The van der Waals surface area contributed by atoms with Gasteiger partial charge < -0.3 is 68.8 Å². The van der Waals surface area contributed by atoms with E-state index in [1.54, 1.807) is 103 Å². The zero-order valence-electron chi connectivity index (χ0n) is 43.6. The molecule has 5 aromatic rings. The summed E-state index contributed by atoms with van der Waals surface area (Å²) in [6.45, 7) is 1.46. The summed E-state index contributed by atoms with van der Waals surface area (Å²) < 4.78 is 0. The molecule has 9 atom stereocenters. The molecular formula is C55H67N11O11S2. The van der Waals surface area contributed by atoms with Crippen molar-refractivity contribution in [1.29, 1.82) is 0 Å². The Morgan fingerprint density at radius 2 is 1.14 bits per heavy atom. The van der Waals surface area contributed by atoms with Crippen LogP contribution < -0.4 is 48.7 Å². The topological polar surface area (TPSA) is 349 Å². The minimum Gasteiger partial charge on any atom is -0.480 e. The molecule has 8 amide bonds. The maximum absolute atomic E-state index is 14.8. The van der Waals surface area contributed by atoms with Crippen LogP contribution in [-0.2, 0) is 52.8 Å². The molecule has 420 valence electrons. The Labute approximate surface area is 464 Å². The molecule has 1 aromatic heterocycles. The van der Waals surface area contributed by atoms with Crippen molar-refractivity contribution in [3.05, 3.63) is 144 Å². The largest absolute Gasteiger partial charge is 0.480 e. The van der Waals surface area contributed by atoms with Gasteiger partial charge in [0.25, 0.3) is 0 Å². The molecular weight excluding hydrogens is 1050 g/mol. The molecule has 0 bridgehead atoms. The molecule has 6 rings (SSSR count). The Morgan fingerprint density at radius 3 is 1.75 bits per heavy atom. The van der Waals surface area contributed by atoms with Crippen LogP contribution in [0.15, 0.2) is 121 Å². The molecule has 79 heavy (non-hydrogen) atoms. The van der Waals surface area contributed by atoms with Gasteiger partial charge in [-0.3, -0.25) is 33.6 Å². The highest BCUT2D eigenvalue weighted by Crippen LogP contribution is 2.24. The van der Waals surface area contributed by atoms with E-state index in [-0.39, 0.29) is 49.3 Å². The summed E-state index contributed by atoms with van der Waals surface area (Å²) in [6.07, 6.45) is -1.41. The number of aliphatic hydroxyl groups excluding tert-OH is 1. The maximum Gasteiger partial charge on any atom is 0.327 e. The van der Waals surface area contributed by atoms with Crippen LogP contribution in [0.25, 0.3) is 10.9 Å². The maximum atomic E-state index is 14.8. The first kappa shape index (κ1) is 60.5. The lowest BCUT2D eigenvalue weighted by atomic mass is 10.0. The van der Waals surface area contributed by atoms with Crippen molar-refractivity contribution in [2.45, 2.75) is 100 Å². The van der Waals surface area contributed by atoms with E-state index in [4.69, 9.17) is 11.5 Å². The number of unbranched alkanes of at least 4 members (excludes halogenated alkanes) is 1. The molecule has 0 spiro atoms. The molecule has 0 aliphatic carbocycles. The van der Waals surface area contributed by atoms with Gasteiger partial charge in [0.05, 0.1) is 12.1 Å². The zero-order chi connectivity index (χ0) is 57.0. The fourth-order valence-corrected chi connectivity index (χ4v) is 10.8. The van der Waals surface area contributed by atoms with Crippen molar-refractivity contribution in [1.82, 2.24) is 47.1 Å². The number of aromatic nitrogens is 1. The Balaban J connectivity index is 1.41. The van der Waals surface area contributed by atoms with Crippen LogP contribution in [0.2, 0.25) is 0 Å². The highest BCUT2D eigenvalue weighted by Gasteiger charge is 2.38. The Morgan fingerprint density at radius 1 is 0.620 bits per heavy atom. The quantitative estimate of drug-likeness (QED) is 0.0423. The van der Waals surface area contributed by atoms with Gasteiger partial charge in [0, 0.05) is 60.5 Å². The lowest BCUT2D eigenvalue weighted by Gasteiger charge is -2.32. The van der Waals surface area contributed by atoms with Crippen molar-refractivity contribution in [2.75, 3.05) is 25.1 Å². The molecule has 1 fully saturated rings. The van der Waals surface area contributed by atoms with E-state index in [0.29, 0.717) is 40.4 Å². The molecule has 0 unspecified atom stereocenters. The lowest BCUT2D eigenvalue weighted by molar-refractivity contribution is -0.141. The van der Waals surface area contributed by atoms with E-state index in [1.165, 1.54) is 26.1 Å². The fraction of sp³-hybridized carbons (Fsp3) is 0.364. The van der Waals surface area contributed by atoms with Crippen LogP contribution in [0.5, 0.6) is 0 Å². The SMILES string of the molecule is C[C@@H](O)[C@@H]1NC(=O)[C@@H](CCCCN)NC(=O)[C@@H](Cc2c[nH]c3ccccc23)NC(=O)N(C)[C@@H](C(=O)c2ccccc2)NC(=O)[C@@H](Cc2ccccc2)NC(=O)[C@H](N)CSSC[C@H](C(=O)O)NC(=O)[C@@H](Cc2ccccc2)NC1=O. The van der Waals surface area contributed by atoms with Crippen molar-refractivity contribution in [2.24, 2.45) is 11.5 Å². The number of aliphatic carboxylic acids is 1. The second-order valence-electron chi connectivity index (χ2n) is 19.0. The first-order valence-electron chi connectivity index (χ1n) is 25.6. The van der Waals surface area contributed by atoms with Gasteiger partial charge in [-0.2, -0.15) is 0 Å². The monoisotopic (exact) mass is 1120 g/mol. The number of carboxylic acid groups (broad SMARTS) is 1. The number of carbonyl (C=O) groups is 9. The number of rotatable bonds is 14. The van der Waals surface area contributed by atoms with Crippen molar-refractivity contribution < 1.29 is 53.4 Å². The second kappa shape index (κ2) is 29.8. The molecule has 2 heterocycles. The molecule has 0 saturated carbocycles. The average Bonchev–Trinajstić information content (AvgIpc) is 3.85. The highest BCUT2D eigenvalue weighted by atomic mass is 33.1. The number of aliphatic hydroxyl groups is 1. The molecule has 22 nitrogen and oxygen atoms in total. The van der Waals surface area contributed by atoms with Gasteiger partial charge in [0.2, 0.25) is 41.2 Å². The zero-order valence-corrected chi connectivity index (χ0v) is 45.2. The van der Waals surface area contributed by atoms with E-state index in [1.807, 2.05) is 6.07 Å². The first-order chi connectivity index (χ1) is 37.9. The van der Waals surface area contributed by atoms with E-state index in [2.05, 4.69) is 42.2 Å². The van der Waals surface area contributed by atoms with Gasteiger partial charge in [-0.15, -0.1) is 0 Å². The van der Waals surface area contributed by atoms with Gasteiger partial charge in [-0.25, -0.2) is 9.59 Å². The van der Waals surface area contributed by atoms with Crippen LogP contribution in [0, 0.1) is 0 Å². The van der Waals surface area contributed by atoms with E-state index in [9.17, 15) is 53.4 Å². The number of hydrogen-bond donors (Lipinski definition) is 12. The summed E-state index contributed by atoms with van der Waals surface area (Å²) in [5.41, 5.74) is 14.8. The summed E-state index contributed by atoms with van der Waals surface area (Å²) in [5.74, 6) is -7.88.